The van der Waals surface area contributed by atoms with Crippen LogP contribution < -0.4 is 24.4 Å². The molecule has 0 fully saturated rings. The van der Waals surface area contributed by atoms with Crippen molar-refractivity contribution in [2.45, 2.75) is 18.9 Å². The van der Waals surface area contributed by atoms with Crippen molar-refractivity contribution in [3.63, 3.8) is 0 Å². The molecule has 0 bridgehead atoms. The molecule has 4 aromatic carbocycles. The lowest BCUT2D eigenvalue weighted by Gasteiger charge is -2.30. The molecule has 0 radical (unpaired) electrons. The van der Waals surface area contributed by atoms with Crippen LogP contribution >= 0.6 is 11.3 Å². The van der Waals surface area contributed by atoms with E-state index in [9.17, 15) is 4.79 Å². The predicted octanol–water partition coefficient (Wildman–Crippen LogP) is 5.49. The van der Waals surface area contributed by atoms with Crippen LogP contribution in [0.25, 0.3) is 22.5 Å². The van der Waals surface area contributed by atoms with E-state index in [4.69, 9.17) is 14.5 Å². The van der Waals surface area contributed by atoms with E-state index in [0.717, 1.165) is 57.5 Å². The fourth-order valence-corrected chi connectivity index (χ4v) is 6.82. The Balaban J connectivity index is 1.50. The first-order valence-corrected chi connectivity index (χ1v) is 13.8. The largest absolute Gasteiger partial charge is 0.497 e. The van der Waals surface area contributed by atoms with Crippen molar-refractivity contribution in [1.29, 1.82) is 0 Å². The summed E-state index contributed by atoms with van der Waals surface area (Å²) >= 11 is 1.43. The monoisotopic (exact) mass is 530 g/mol. The van der Waals surface area contributed by atoms with Crippen molar-refractivity contribution in [3.8, 4) is 11.5 Å². The van der Waals surface area contributed by atoms with Gasteiger partial charge in [0.15, 0.2) is 4.80 Å². The normalized spacial score (nSPS) is 16.4. The molecule has 0 N–H and O–H groups in total. The maximum atomic E-state index is 14.2. The Morgan fingerprint density at radius 2 is 1.69 bits per heavy atom. The average molecular weight is 531 g/mol. The molecule has 6 heteroatoms. The molecule has 0 saturated heterocycles. The molecule has 1 atom stereocenters. The van der Waals surface area contributed by atoms with Gasteiger partial charge in [0.1, 0.15) is 11.5 Å². The highest BCUT2D eigenvalue weighted by atomic mass is 32.1. The van der Waals surface area contributed by atoms with Crippen LogP contribution in [0.3, 0.4) is 0 Å². The summed E-state index contributed by atoms with van der Waals surface area (Å²) in [5.74, 6) is 1.52. The Morgan fingerprint density at radius 1 is 0.897 bits per heavy atom. The number of aryl methyl sites for hydroxylation is 1. The van der Waals surface area contributed by atoms with Gasteiger partial charge in [-0.2, -0.15) is 0 Å². The molecule has 1 aliphatic carbocycles. The van der Waals surface area contributed by atoms with E-state index in [1.165, 1.54) is 22.5 Å². The second-order valence-corrected chi connectivity index (χ2v) is 10.8. The number of nitrogens with zero attached hydrogens (tertiary/aromatic N) is 2. The first kappa shape index (κ1) is 23.7. The first-order valence-electron chi connectivity index (χ1n) is 13.0. The van der Waals surface area contributed by atoms with Crippen molar-refractivity contribution < 1.29 is 9.47 Å². The van der Waals surface area contributed by atoms with E-state index in [-0.39, 0.29) is 11.6 Å². The van der Waals surface area contributed by atoms with Crippen LogP contribution in [0.2, 0.25) is 0 Å². The predicted molar refractivity (Wildman–Crippen MR) is 156 cm³/mol. The van der Waals surface area contributed by atoms with Gasteiger partial charge in [-0.1, -0.05) is 78.1 Å². The second-order valence-electron chi connectivity index (χ2n) is 9.79. The van der Waals surface area contributed by atoms with Gasteiger partial charge in [-0.05, 0) is 64.6 Å². The van der Waals surface area contributed by atoms with Gasteiger partial charge >= 0.3 is 0 Å². The van der Waals surface area contributed by atoms with E-state index in [2.05, 4.69) is 48.5 Å². The van der Waals surface area contributed by atoms with Crippen LogP contribution in [0.4, 0.5) is 0 Å². The molecular formula is C33H26N2O3S. The summed E-state index contributed by atoms with van der Waals surface area (Å²) in [5, 5.41) is 2.14. The first-order chi connectivity index (χ1) is 19.2. The lowest BCUT2D eigenvalue weighted by atomic mass is 9.83. The third kappa shape index (κ3) is 3.82. The summed E-state index contributed by atoms with van der Waals surface area (Å²) in [6, 6.07) is 28.5. The maximum absolute atomic E-state index is 14.2. The molecule has 39 heavy (non-hydrogen) atoms. The average Bonchev–Trinajstić information content (AvgIpc) is 3.30. The molecular weight excluding hydrogens is 504 g/mol. The number of fused-ring (bicyclic) bond motifs is 4. The minimum atomic E-state index is -0.230. The van der Waals surface area contributed by atoms with Crippen LogP contribution in [-0.2, 0) is 6.42 Å². The molecule has 2 heterocycles. The minimum Gasteiger partial charge on any atom is -0.497 e. The standard InChI is InChI=1S/C33H26N2O3S/c1-37-23-15-11-22(12-16-23)31-26-17-13-21-8-4-6-10-25(21)30(26)34-33-35(31)32(36)29(39-33)19-27-24-9-5-3-7-20(24)14-18-28(27)38-2/h3-12,14-16,18-19,31H,13,17H2,1-2H3/b29-19-/t31-/m0/s1. The van der Waals surface area contributed by atoms with Crippen LogP contribution in [0.5, 0.6) is 11.5 Å². The minimum absolute atomic E-state index is 0.0417. The van der Waals surface area contributed by atoms with Gasteiger partial charge in [0.2, 0.25) is 0 Å². The zero-order chi connectivity index (χ0) is 26.5. The third-order valence-corrected chi connectivity index (χ3v) is 8.71. The summed E-state index contributed by atoms with van der Waals surface area (Å²) in [4.78, 5) is 20.0. The van der Waals surface area contributed by atoms with Crippen molar-refractivity contribution in [2.24, 2.45) is 4.99 Å². The molecule has 1 aliphatic heterocycles. The van der Waals surface area contributed by atoms with Crippen LogP contribution in [0.15, 0.2) is 100 Å². The van der Waals surface area contributed by atoms with Crippen LogP contribution in [0.1, 0.15) is 34.7 Å². The van der Waals surface area contributed by atoms with Crippen molar-refractivity contribution >= 4 is 33.9 Å². The molecule has 5 nitrogen and oxygen atoms in total. The van der Waals surface area contributed by atoms with Crippen LogP contribution in [0, 0.1) is 0 Å². The maximum Gasteiger partial charge on any atom is 0.271 e. The summed E-state index contributed by atoms with van der Waals surface area (Å²) in [7, 11) is 3.33. The number of hydrogen-bond donors (Lipinski definition) is 0. The fourth-order valence-electron chi connectivity index (χ4n) is 5.84. The van der Waals surface area contributed by atoms with Crippen molar-refractivity contribution in [1.82, 2.24) is 4.57 Å². The number of hydrogen-bond acceptors (Lipinski definition) is 5. The topological polar surface area (TPSA) is 52.8 Å². The quantitative estimate of drug-likeness (QED) is 0.309. The number of ether oxygens (including phenoxy) is 2. The lowest BCUT2D eigenvalue weighted by molar-refractivity contribution is 0.414. The van der Waals surface area contributed by atoms with Gasteiger partial charge in [0.05, 0.1) is 30.5 Å². The number of benzene rings is 4. The second kappa shape index (κ2) is 9.40. The lowest BCUT2D eigenvalue weighted by Crippen LogP contribution is -2.38. The van der Waals surface area contributed by atoms with Gasteiger partial charge in [0, 0.05) is 11.1 Å². The number of methoxy groups -OCH3 is 2. The summed E-state index contributed by atoms with van der Waals surface area (Å²) < 4.78 is 13.6. The molecule has 1 aromatic heterocycles. The van der Waals surface area contributed by atoms with Gasteiger partial charge < -0.3 is 9.47 Å². The molecule has 192 valence electrons. The van der Waals surface area contributed by atoms with E-state index in [0.29, 0.717) is 9.33 Å². The Bertz CT molecular complexity index is 1970. The molecule has 0 unspecified atom stereocenters. The number of allylic oxidation sites excluding steroid dienone is 1. The smallest absolute Gasteiger partial charge is 0.271 e. The summed E-state index contributed by atoms with van der Waals surface area (Å²) in [6.07, 6.45) is 3.75. The zero-order valence-corrected chi connectivity index (χ0v) is 22.5. The number of thiazole rings is 1. The van der Waals surface area contributed by atoms with E-state index >= 15 is 0 Å². The fraction of sp³-hybridized carbons (Fsp3) is 0.152. The molecule has 5 aromatic rings. The highest BCUT2D eigenvalue weighted by molar-refractivity contribution is 7.07. The Hall–Kier alpha value is -4.42. The molecule has 7 rings (SSSR count). The van der Waals surface area contributed by atoms with Gasteiger partial charge in [-0.15, -0.1) is 0 Å². The molecule has 0 saturated carbocycles. The van der Waals surface area contributed by atoms with Crippen molar-refractivity contribution in [3.05, 3.63) is 132 Å². The van der Waals surface area contributed by atoms with Crippen LogP contribution in [-0.4, -0.2) is 18.8 Å². The Morgan fingerprint density at radius 3 is 2.51 bits per heavy atom. The van der Waals surface area contributed by atoms with E-state index < -0.39 is 0 Å². The number of rotatable bonds is 4. The molecule has 2 aliphatic rings. The SMILES string of the molecule is COc1ccc([C@H]2C3=C(N=c4s/c(=C\c5c(OC)ccc6ccccc56)c(=O)n42)c2ccccc2CC3)cc1. The molecule has 0 amide bonds. The van der Waals surface area contributed by atoms with E-state index in [1.54, 1.807) is 14.2 Å². The highest BCUT2D eigenvalue weighted by Gasteiger charge is 2.32. The highest BCUT2D eigenvalue weighted by Crippen LogP contribution is 2.41. The summed E-state index contributed by atoms with van der Waals surface area (Å²) in [5.41, 5.74) is 6.54. The third-order valence-electron chi connectivity index (χ3n) is 7.73. The van der Waals surface area contributed by atoms with Crippen molar-refractivity contribution in [2.75, 3.05) is 14.2 Å². The summed E-state index contributed by atoms with van der Waals surface area (Å²) in [6.45, 7) is 0. The Kier molecular flexibility index (Phi) is 5.71. The van der Waals surface area contributed by atoms with Gasteiger partial charge in [-0.3, -0.25) is 9.36 Å². The zero-order valence-electron chi connectivity index (χ0n) is 21.7. The number of aromatic nitrogens is 1. The Labute approximate surface area is 229 Å². The van der Waals surface area contributed by atoms with Gasteiger partial charge in [-0.25, -0.2) is 4.99 Å². The van der Waals surface area contributed by atoms with E-state index in [1.807, 2.05) is 47.0 Å². The van der Waals surface area contributed by atoms with Gasteiger partial charge in [0.25, 0.3) is 5.56 Å². The molecule has 0 spiro atoms.